The number of carbonyl (C=O) groups excluding carboxylic acids is 1. The second kappa shape index (κ2) is 6.50. The number of hydrogen-bond acceptors (Lipinski definition) is 2. The Morgan fingerprint density at radius 3 is 3.14 bits per heavy atom. The van der Waals surface area contributed by atoms with Crippen molar-refractivity contribution in [1.29, 1.82) is 0 Å². The van der Waals surface area contributed by atoms with Crippen LogP contribution in [-0.4, -0.2) is 24.0 Å². The first-order valence-corrected chi connectivity index (χ1v) is 8.30. The molecular weight excluding hydrogens is 304 g/mol. The number of urea groups is 1. The summed E-state index contributed by atoms with van der Waals surface area (Å²) in [5, 5.41) is 5.83. The van der Waals surface area contributed by atoms with Gasteiger partial charge in [0.15, 0.2) is 0 Å². The molecule has 0 saturated carbocycles. The number of hydrogen-bond donors (Lipinski definition) is 1. The molecule has 1 aromatic carbocycles. The maximum atomic E-state index is 12.2. The fraction of sp³-hybridized carbons (Fsp3) is 0.312. The molecule has 3 rings (SSSR count). The molecule has 0 atom stereocenters. The van der Waals surface area contributed by atoms with Gasteiger partial charge in [-0.3, -0.25) is 0 Å². The molecule has 0 spiro atoms. The van der Waals surface area contributed by atoms with Gasteiger partial charge in [-0.15, -0.1) is 11.3 Å². The summed E-state index contributed by atoms with van der Waals surface area (Å²) in [5.41, 5.74) is 2.43. The Kier molecular flexibility index (Phi) is 4.46. The maximum absolute atomic E-state index is 12.2. The van der Waals surface area contributed by atoms with Gasteiger partial charge in [0.05, 0.1) is 0 Å². The van der Waals surface area contributed by atoms with Gasteiger partial charge in [-0.2, -0.15) is 0 Å². The number of carbonyl (C=O) groups is 1. The molecule has 0 saturated heterocycles. The van der Waals surface area contributed by atoms with Crippen LogP contribution in [0.2, 0.25) is 5.02 Å². The summed E-state index contributed by atoms with van der Waals surface area (Å²) < 4.78 is 0. The Labute approximate surface area is 133 Å². The highest BCUT2D eigenvalue weighted by Gasteiger charge is 2.20. The van der Waals surface area contributed by atoms with Crippen LogP contribution < -0.4 is 5.32 Å². The van der Waals surface area contributed by atoms with Crippen LogP contribution >= 0.6 is 22.9 Å². The summed E-state index contributed by atoms with van der Waals surface area (Å²) in [7, 11) is 0. The van der Waals surface area contributed by atoms with E-state index in [2.05, 4.69) is 16.8 Å². The molecule has 1 aliphatic heterocycles. The summed E-state index contributed by atoms with van der Waals surface area (Å²) in [5.74, 6) is 0. The summed E-state index contributed by atoms with van der Waals surface area (Å²) in [4.78, 5) is 15.5. The van der Waals surface area contributed by atoms with Crippen LogP contribution in [0.15, 0.2) is 35.7 Å². The molecule has 2 aromatic rings. The first-order chi connectivity index (χ1) is 10.2. The molecule has 5 heteroatoms. The molecule has 0 bridgehead atoms. The molecular formula is C16H17ClN2OS. The lowest BCUT2D eigenvalue weighted by molar-refractivity contribution is 0.193. The second-order valence-electron chi connectivity index (χ2n) is 5.15. The third-order valence-corrected chi connectivity index (χ3v) is 4.93. The first kappa shape index (κ1) is 14.4. The van der Waals surface area contributed by atoms with Crippen LogP contribution in [0.3, 0.4) is 0 Å². The Morgan fingerprint density at radius 2 is 2.29 bits per heavy atom. The van der Waals surface area contributed by atoms with Crippen LogP contribution in [0.25, 0.3) is 0 Å². The lowest BCUT2D eigenvalue weighted by Gasteiger charge is -2.27. The van der Waals surface area contributed by atoms with E-state index in [4.69, 9.17) is 11.6 Å². The summed E-state index contributed by atoms with van der Waals surface area (Å²) in [6.45, 7) is 2.16. The Balaban J connectivity index is 1.49. The zero-order valence-corrected chi connectivity index (χ0v) is 13.2. The highest BCUT2D eigenvalue weighted by atomic mass is 35.5. The third-order valence-electron chi connectivity index (χ3n) is 3.67. The molecule has 1 N–H and O–H groups in total. The van der Waals surface area contributed by atoms with E-state index in [-0.39, 0.29) is 6.03 Å². The molecule has 0 radical (unpaired) electrons. The average molecular weight is 321 g/mol. The molecule has 2 heterocycles. The quantitative estimate of drug-likeness (QED) is 0.918. The van der Waals surface area contributed by atoms with E-state index < -0.39 is 0 Å². The highest BCUT2D eigenvalue weighted by molar-refractivity contribution is 7.10. The minimum Gasteiger partial charge on any atom is -0.338 e. The van der Waals surface area contributed by atoms with Gasteiger partial charge in [0.1, 0.15) is 0 Å². The van der Waals surface area contributed by atoms with E-state index >= 15 is 0 Å². The molecule has 0 fully saturated rings. The van der Waals surface area contributed by atoms with Crippen molar-refractivity contribution in [3.63, 3.8) is 0 Å². The van der Waals surface area contributed by atoms with Gasteiger partial charge < -0.3 is 10.2 Å². The van der Waals surface area contributed by atoms with Crippen LogP contribution in [0.4, 0.5) is 4.79 Å². The fourth-order valence-electron chi connectivity index (χ4n) is 2.54. The predicted octanol–water partition coefficient (Wildman–Crippen LogP) is 3.71. The van der Waals surface area contributed by atoms with E-state index in [1.165, 1.54) is 10.4 Å². The standard InChI is InChI=1S/C16H17ClN2OS/c17-14-3-1-2-12(10-14)4-7-18-16(20)19-8-5-15-13(11-19)6-9-21-15/h1-3,6,9-10H,4-5,7-8,11H2,(H,18,20). The molecule has 0 aliphatic carbocycles. The summed E-state index contributed by atoms with van der Waals surface area (Å²) in [6, 6.07) is 9.89. The number of halogens is 1. The van der Waals surface area contributed by atoms with E-state index in [0.29, 0.717) is 6.54 Å². The molecule has 110 valence electrons. The van der Waals surface area contributed by atoms with Crippen molar-refractivity contribution < 1.29 is 4.79 Å². The molecule has 2 amide bonds. The number of benzene rings is 1. The van der Waals surface area contributed by atoms with Gasteiger partial charge in [0.2, 0.25) is 0 Å². The van der Waals surface area contributed by atoms with Crippen molar-refractivity contribution in [3.05, 3.63) is 56.7 Å². The second-order valence-corrected chi connectivity index (χ2v) is 6.59. The van der Waals surface area contributed by atoms with Crippen molar-refractivity contribution in [2.45, 2.75) is 19.4 Å². The number of amides is 2. The molecule has 21 heavy (non-hydrogen) atoms. The van der Waals surface area contributed by atoms with E-state index in [1.807, 2.05) is 29.2 Å². The van der Waals surface area contributed by atoms with Gasteiger partial charge in [-0.25, -0.2) is 4.79 Å². The first-order valence-electron chi connectivity index (χ1n) is 7.05. The summed E-state index contributed by atoms with van der Waals surface area (Å²) in [6.07, 6.45) is 1.76. The van der Waals surface area contributed by atoms with Crippen molar-refractivity contribution >= 4 is 29.0 Å². The monoisotopic (exact) mass is 320 g/mol. The fourth-order valence-corrected chi connectivity index (χ4v) is 3.64. The predicted molar refractivity (Wildman–Crippen MR) is 87.0 cm³/mol. The van der Waals surface area contributed by atoms with Crippen LogP contribution in [0.1, 0.15) is 16.0 Å². The van der Waals surface area contributed by atoms with Crippen LogP contribution in [-0.2, 0) is 19.4 Å². The Morgan fingerprint density at radius 1 is 1.38 bits per heavy atom. The van der Waals surface area contributed by atoms with Gasteiger partial charge in [0, 0.05) is 29.5 Å². The van der Waals surface area contributed by atoms with Gasteiger partial charge in [0.25, 0.3) is 0 Å². The molecule has 1 aliphatic rings. The Hall–Kier alpha value is -1.52. The van der Waals surface area contributed by atoms with Crippen LogP contribution in [0, 0.1) is 0 Å². The highest BCUT2D eigenvalue weighted by Crippen LogP contribution is 2.23. The van der Waals surface area contributed by atoms with Gasteiger partial charge >= 0.3 is 6.03 Å². The molecule has 0 unspecified atom stereocenters. The van der Waals surface area contributed by atoms with Crippen molar-refractivity contribution in [2.75, 3.05) is 13.1 Å². The topological polar surface area (TPSA) is 32.3 Å². The third kappa shape index (κ3) is 3.57. The van der Waals surface area contributed by atoms with E-state index in [0.717, 1.165) is 36.5 Å². The maximum Gasteiger partial charge on any atom is 0.317 e. The summed E-state index contributed by atoms with van der Waals surface area (Å²) >= 11 is 7.74. The number of nitrogens with zero attached hydrogens (tertiary/aromatic N) is 1. The SMILES string of the molecule is O=C(NCCc1cccc(Cl)c1)N1CCc2sccc2C1. The lowest BCUT2D eigenvalue weighted by Crippen LogP contribution is -2.43. The smallest absolute Gasteiger partial charge is 0.317 e. The lowest BCUT2D eigenvalue weighted by atomic mass is 10.1. The van der Waals surface area contributed by atoms with Crippen molar-refractivity contribution in [3.8, 4) is 0 Å². The number of rotatable bonds is 3. The normalized spacial score (nSPS) is 13.9. The number of nitrogens with one attached hydrogen (secondary N) is 1. The van der Waals surface area contributed by atoms with Gasteiger partial charge in [-0.1, -0.05) is 23.7 Å². The van der Waals surface area contributed by atoms with E-state index in [1.54, 1.807) is 11.3 Å². The Bertz CT molecular complexity index is 641. The minimum atomic E-state index is 0.0221. The molecule has 3 nitrogen and oxygen atoms in total. The molecule has 1 aromatic heterocycles. The average Bonchev–Trinajstić information content (AvgIpc) is 2.94. The van der Waals surface area contributed by atoms with E-state index in [9.17, 15) is 4.79 Å². The zero-order valence-electron chi connectivity index (χ0n) is 11.6. The van der Waals surface area contributed by atoms with Crippen LogP contribution in [0.5, 0.6) is 0 Å². The van der Waals surface area contributed by atoms with Crippen molar-refractivity contribution in [2.24, 2.45) is 0 Å². The van der Waals surface area contributed by atoms with Crippen molar-refractivity contribution in [1.82, 2.24) is 10.2 Å². The zero-order chi connectivity index (χ0) is 14.7. The number of fused-ring (bicyclic) bond motifs is 1. The van der Waals surface area contributed by atoms with Gasteiger partial charge in [-0.05, 0) is 47.5 Å². The minimum absolute atomic E-state index is 0.0221. The largest absolute Gasteiger partial charge is 0.338 e. The number of thiophene rings is 1.